The molecule has 4 nitrogen and oxygen atoms in total. The first kappa shape index (κ1) is 12.6. The van der Waals surface area contributed by atoms with Gasteiger partial charge in [-0.25, -0.2) is 4.98 Å². The van der Waals surface area contributed by atoms with E-state index in [-0.39, 0.29) is 0 Å². The van der Waals surface area contributed by atoms with E-state index >= 15 is 0 Å². The van der Waals surface area contributed by atoms with Crippen molar-refractivity contribution in [2.24, 2.45) is 5.92 Å². The molecule has 0 radical (unpaired) electrons. The van der Waals surface area contributed by atoms with Crippen molar-refractivity contribution in [2.45, 2.75) is 38.3 Å². The lowest BCUT2D eigenvalue weighted by Gasteiger charge is -2.17. The number of thiophene rings is 1. The molecule has 0 N–H and O–H groups in total. The standard InChI is InChI=1S/C14H16N4S2/c1-7-4-5-9-10(6-7)20-13-11(9)12-16-17-14(19-3)18(12)8(2)15-13/h7H,4-6H2,1-3H3/t7-/m1/s1. The number of thioether (sulfide) groups is 1. The van der Waals surface area contributed by atoms with Gasteiger partial charge in [-0.1, -0.05) is 18.7 Å². The van der Waals surface area contributed by atoms with Crippen LogP contribution >= 0.6 is 23.1 Å². The monoisotopic (exact) mass is 304 g/mol. The number of fused-ring (bicyclic) bond motifs is 5. The van der Waals surface area contributed by atoms with Crippen molar-refractivity contribution in [2.75, 3.05) is 6.26 Å². The van der Waals surface area contributed by atoms with Crippen LogP contribution in [0.3, 0.4) is 0 Å². The Labute approximate surface area is 125 Å². The second-order valence-corrected chi connectivity index (χ2v) is 7.39. The van der Waals surface area contributed by atoms with E-state index in [1.54, 1.807) is 11.8 Å². The summed E-state index contributed by atoms with van der Waals surface area (Å²) in [4.78, 5) is 7.44. The first-order chi connectivity index (χ1) is 9.69. The number of aromatic nitrogens is 4. The molecule has 1 atom stereocenters. The molecular formula is C14H16N4S2. The third kappa shape index (κ3) is 1.64. The van der Waals surface area contributed by atoms with Crippen LogP contribution in [0.2, 0.25) is 0 Å². The molecule has 3 aromatic rings. The highest BCUT2D eigenvalue weighted by atomic mass is 32.2. The Morgan fingerprint density at radius 1 is 1.35 bits per heavy atom. The largest absolute Gasteiger partial charge is 0.257 e. The Morgan fingerprint density at radius 3 is 3.00 bits per heavy atom. The Kier molecular flexibility index (Phi) is 2.79. The van der Waals surface area contributed by atoms with Gasteiger partial charge >= 0.3 is 0 Å². The van der Waals surface area contributed by atoms with Gasteiger partial charge < -0.3 is 0 Å². The summed E-state index contributed by atoms with van der Waals surface area (Å²) in [6, 6.07) is 0. The molecule has 0 aromatic carbocycles. The lowest BCUT2D eigenvalue weighted by atomic mass is 9.89. The van der Waals surface area contributed by atoms with Crippen LogP contribution in [-0.2, 0) is 12.8 Å². The van der Waals surface area contributed by atoms with Crippen molar-refractivity contribution in [3.63, 3.8) is 0 Å². The van der Waals surface area contributed by atoms with E-state index < -0.39 is 0 Å². The molecular weight excluding hydrogens is 288 g/mol. The molecule has 0 bridgehead atoms. The van der Waals surface area contributed by atoms with Crippen LogP contribution in [0.15, 0.2) is 5.16 Å². The normalized spacial score (nSPS) is 18.9. The predicted molar refractivity (Wildman–Crippen MR) is 83.9 cm³/mol. The molecule has 0 saturated heterocycles. The van der Waals surface area contributed by atoms with Gasteiger partial charge in [0.25, 0.3) is 0 Å². The zero-order valence-electron chi connectivity index (χ0n) is 11.8. The van der Waals surface area contributed by atoms with Gasteiger partial charge in [0.05, 0.1) is 5.39 Å². The summed E-state index contributed by atoms with van der Waals surface area (Å²) in [5, 5.41) is 10.9. The van der Waals surface area contributed by atoms with Gasteiger partial charge in [-0.15, -0.1) is 21.5 Å². The van der Waals surface area contributed by atoms with Crippen molar-refractivity contribution in [3.8, 4) is 0 Å². The van der Waals surface area contributed by atoms with Crippen molar-refractivity contribution in [1.29, 1.82) is 0 Å². The van der Waals surface area contributed by atoms with E-state index in [4.69, 9.17) is 4.98 Å². The van der Waals surface area contributed by atoms with E-state index in [2.05, 4.69) is 21.5 Å². The molecule has 6 heteroatoms. The molecule has 0 spiro atoms. The number of aryl methyl sites for hydroxylation is 2. The molecule has 3 heterocycles. The van der Waals surface area contributed by atoms with Crippen LogP contribution < -0.4 is 0 Å². The molecule has 1 aliphatic carbocycles. The van der Waals surface area contributed by atoms with E-state index in [0.717, 1.165) is 33.8 Å². The smallest absolute Gasteiger partial charge is 0.196 e. The Hall–Kier alpha value is -1.14. The fourth-order valence-corrected chi connectivity index (χ4v) is 5.04. The van der Waals surface area contributed by atoms with Crippen molar-refractivity contribution in [3.05, 3.63) is 16.3 Å². The van der Waals surface area contributed by atoms with E-state index in [1.165, 1.54) is 28.7 Å². The summed E-state index contributed by atoms with van der Waals surface area (Å²) < 4.78 is 2.10. The third-order valence-electron chi connectivity index (χ3n) is 4.12. The summed E-state index contributed by atoms with van der Waals surface area (Å²) in [5.74, 6) is 1.76. The Balaban J connectivity index is 2.11. The predicted octanol–water partition coefficient (Wildman–Crippen LogP) is 3.49. The van der Waals surface area contributed by atoms with Crippen molar-refractivity contribution < 1.29 is 0 Å². The number of nitrogens with zero attached hydrogens (tertiary/aromatic N) is 4. The topological polar surface area (TPSA) is 43.1 Å². The zero-order valence-corrected chi connectivity index (χ0v) is 13.4. The molecule has 4 rings (SSSR count). The second kappa shape index (κ2) is 4.43. The molecule has 20 heavy (non-hydrogen) atoms. The van der Waals surface area contributed by atoms with Crippen LogP contribution in [0.25, 0.3) is 15.9 Å². The van der Waals surface area contributed by atoms with Crippen LogP contribution in [0, 0.1) is 12.8 Å². The number of rotatable bonds is 1. The van der Waals surface area contributed by atoms with Gasteiger partial charge in [-0.2, -0.15) is 0 Å². The average Bonchev–Trinajstić information content (AvgIpc) is 2.98. The molecule has 104 valence electrons. The maximum atomic E-state index is 4.80. The van der Waals surface area contributed by atoms with Crippen LogP contribution in [0.1, 0.15) is 29.6 Å². The molecule has 0 saturated carbocycles. The van der Waals surface area contributed by atoms with Crippen LogP contribution in [0.5, 0.6) is 0 Å². The fourth-order valence-electron chi connectivity index (χ4n) is 3.10. The summed E-state index contributed by atoms with van der Waals surface area (Å²) in [6.45, 7) is 4.38. The van der Waals surface area contributed by atoms with Gasteiger partial charge in [0.2, 0.25) is 0 Å². The minimum Gasteiger partial charge on any atom is -0.257 e. The minimum absolute atomic E-state index is 0.785. The molecule has 0 amide bonds. The molecule has 0 fully saturated rings. The van der Waals surface area contributed by atoms with Gasteiger partial charge in [-0.3, -0.25) is 4.40 Å². The third-order valence-corrected chi connectivity index (χ3v) is 5.90. The summed E-state index contributed by atoms with van der Waals surface area (Å²) in [6.07, 6.45) is 5.64. The first-order valence-electron chi connectivity index (χ1n) is 6.89. The van der Waals surface area contributed by atoms with E-state index in [1.807, 2.05) is 24.5 Å². The summed E-state index contributed by atoms with van der Waals surface area (Å²) in [5.41, 5.74) is 2.46. The maximum Gasteiger partial charge on any atom is 0.196 e. The van der Waals surface area contributed by atoms with Crippen molar-refractivity contribution >= 4 is 39.0 Å². The average molecular weight is 304 g/mol. The summed E-state index contributed by atoms with van der Waals surface area (Å²) >= 11 is 3.47. The minimum atomic E-state index is 0.785. The number of hydrogen-bond donors (Lipinski definition) is 0. The van der Waals surface area contributed by atoms with Crippen molar-refractivity contribution in [1.82, 2.24) is 19.6 Å². The highest BCUT2D eigenvalue weighted by Crippen LogP contribution is 2.39. The highest BCUT2D eigenvalue weighted by Gasteiger charge is 2.24. The quantitative estimate of drug-likeness (QED) is 0.645. The number of hydrogen-bond acceptors (Lipinski definition) is 5. The van der Waals surface area contributed by atoms with Crippen LogP contribution in [0.4, 0.5) is 0 Å². The van der Waals surface area contributed by atoms with Gasteiger partial charge in [0, 0.05) is 4.88 Å². The first-order valence-corrected chi connectivity index (χ1v) is 8.93. The molecule has 0 unspecified atom stereocenters. The SMILES string of the molecule is CSc1nnc2c3c4c(sc3nc(C)n12)C[C@H](C)CC4. The van der Waals surface area contributed by atoms with Crippen LogP contribution in [-0.4, -0.2) is 25.8 Å². The lowest BCUT2D eigenvalue weighted by Crippen LogP contribution is -2.08. The molecule has 1 aliphatic rings. The van der Waals surface area contributed by atoms with Gasteiger partial charge in [-0.05, 0) is 43.9 Å². The zero-order chi connectivity index (χ0) is 13.9. The highest BCUT2D eigenvalue weighted by molar-refractivity contribution is 7.98. The van der Waals surface area contributed by atoms with Gasteiger partial charge in [0.1, 0.15) is 10.7 Å². The second-order valence-electron chi connectivity index (χ2n) is 5.54. The van der Waals surface area contributed by atoms with E-state index in [9.17, 15) is 0 Å². The lowest BCUT2D eigenvalue weighted by molar-refractivity contribution is 0.509. The molecule has 0 aliphatic heterocycles. The maximum absolute atomic E-state index is 4.80. The summed E-state index contributed by atoms with van der Waals surface area (Å²) in [7, 11) is 0. The van der Waals surface area contributed by atoms with E-state index in [0.29, 0.717) is 0 Å². The molecule has 3 aromatic heterocycles. The Morgan fingerprint density at radius 2 is 2.20 bits per heavy atom. The Bertz CT molecular complexity index is 818. The fraction of sp³-hybridized carbons (Fsp3) is 0.500. The van der Waals surface area contributed by atoms with Gasteiger partial charge in [0.15, 0.2) is 10.8 Å².